The van der Waals surface area contributed by atoms with Crippen LogP contribution in [-0.4, -0.2) is 19.9 Å². The Hall–Kier alpha value is -0.860. The van der Waals surface area contributed by atoms with Crippen LogP contribution < -0.4 is 5.32 Å². The van der Waals surface area contributed by atoms with Gasteiger partial charge in [-0.05, 0) is 0 Å². The summed E-state index contributed by atoms with van der Waals surface area (Å²) in [6, 6.07) is 12.0. The predicted octanol–water partition coefficient (Wildman–Crippen LogP) is 1.25. The zero-order valence-electron chi connectivity index (χ0n) is 6.49. The van der Waals surface area contributed by atoms with Crippen molar-refractivity contribution in [2.24, 2.45) is 0 Å². The molecule has 0 saturated carbocycles. The van der Waals surface area contributed by atoms with E-state index in [1.807, 2.05) is 36.4 Å². The van der Waals surface area contributed by atoms with E-state index in [4.69, 9.17) is 4.74 Å². The Bertz CT molecular complexity index is 126. The highest BCUT2D eigenvalue weighted by Gasteiger charge is 1.92. The summed E-state index contributed by atoms with van der Waals surface area (Å²) in [6.07, 6.45) is 0. The lowest BCUT2D eigenvalue weighted by Crippen LogP contribution is -2.05. The normalized spacial score (nSPS) is 15.3. The number of hydrogen-bond acceptors (Lipinski definition) is 2. The topological polar surface area (TPSA) is 21.3 Å². The van der Waals surface area contributed by atoms with Gasteiger partial charge in [-0.1, -0.05) is 36.4 Å². The van der Waals surface area contributed by atoms with E-state index in [0.29, 0.717) is 0 Å². The monoisotopic (exact) mass is 151 g/mol. The number of benzene rings is 1. The van der Waals surface area contributed by atoms with Gasteiger partial charge in [-0.15, -0.1) is 0 Å². The molecule has 0 aliphatic carbocycles. The molecule has 1 saturated heterocycles. The second-order valence-electron chi connectivity index (χ2n) is 2.21. The molecular weight excluding hydrogens is 138 g/mol. The minimum Gasteiger partial charge on any atom is -0.365 e. The molecule has 1 aliphatic heterocycles. The van der Waals surface area contributed by atoms with Crippen molar-refractivity contribution in [3.05, 3.63) is 36.4 Å². The van der Waals surface area contributed by atoms with Gasteiger partial charge in [0.2, 0.25) is 0 Å². The molecule has 1 N–H and O–H groups in total. The summed E-state index contributed by atoms with van der Waals surface area (Å²) in [5.74, 6) is 0. The molecular formula is C9H13NO. The first-order valence-electron chi connectivity index (χ1n) is 3.78. The maximum absolute atomic E-state index is 4.83. The average Bonchev–Trinajstić information content (AvgIpc) is 2.64. The van der Waals surface area contributed by atoms with Crippen molar-refractivity contribution < 1.29 is 4.74 Å². The van der Waals surface area contributed by atoms with E-state index in [1.165, 1.54) is 0 Å². The number of hydrogen-bond donors (Lipinski definition) is 1. The first kappa shape index (κ1) is 8.24. The zero-order valence-corrected chi connectivity index (χ0v) is 6.49. The van der Waals surface area contributed by atoms with E-state index < -0.39 is 0 Å². The lowest BCUT2D eigenvalue weighted by molar-refractivity contribution is 0.194. The summed E-state index contributed by atoms with van der Waals surface area (Å²) in [6.45, 7) is 2.67. The van der Waals surface area contributed by atoms with Gasteiger partial charge in [-0.2, -0.15) is 0 Å². The summed E-state index contributed by atoms with van der Waals surface area (Å²) >= 11 is 0. The molecule has 11 heavy (non-hydrogen) atoms. The van der Waals surface area contributed by atoms with E-state index in [2.05, 4.69) is 5.32 Å². The Balaban J connectivity index is 0.000000112. The number of rotatable bonds is 0. The highest BCUT2D eigenvalue weighted by molar-refractivity contribution is 4.99. The van der Waals surface area contributed by atoms with Gasteiger partial charge in [0.15, 0.2) is 0 Å². The Kier molecular flexibility index (Phi) is 4.41. The van der Waals surface area contributed by atoms with Gasteiger partial charge in [0.05, 0.1) is 13.3 Å². The van der Waals surface area contributed by atoms with Crippen molar-refractivity contribution in [2.75, 3.05) is 19.9 Å². The Morgan fingerprint density at radius 3 is 1.64 bits per heavy atom. The number of nitrogens with one attached hydrogen (secondary N) is 1. The molecule has 1 heterocycles. The SMILES string of the molecule is C1COCN1.c1ccccc1. The largest absolute Gasteiger partial charge is 0.365 e. The molecule has 1 aliphatic rings. The third-order valence-corrected chi connectivity index (χ3v) is 1.29. The van der Waals surface area contributed by atoms with Crippen molar-refractivity contribution >= 4 is 0 Å². The maximum Gasteiger partial charge on any atom is 0.0966 e. The summed E-state index contributed by atoms with van der Waals surface area (Å²) in [4.78, 5) is 0. The molecule has 1 aromatic carbocycles. The molecule has 2 nitrogen and oxygen atoms in total. The molecule has 1 aromatic rings. The van der Waals surface area contributed by atoms with Crippen LogP contribution in [0.2, 0.25) is 0 Å². The van der Waals surface area contributed by atoms with E-state index in [-0.39, 0.29) is 0 Å². The molecule has 2 heteroatoms. The fourth-order valence-electron chi connectivity index (χ4n) is 0.746. The van der Waals surface area contributed by atoms with Gasteiger partial charge in [0, 0.05) is 6.54 Å². The minimum absolute atomic E-state index is 0.750. The fourth-order valence-corrected chi connectivity index (χ4v) is 0.746. The molecule has 0 radical (unpaired) electrons. The van der Waals surface area contributed by atoms with E-state index >= 15 is 0 Å². The highest BCUT2D eigenvalue weighted by atomic mass is 16.5. The van der Waals surface area contributed by atoms with Gasteiger partial charge >= 0.3 is 0 Å². The van der Waals surface area contributed by atoms with Gasteiger partial charge in [0.25, 0.3) is 0 Å². The molecule has 0 unspecified atom stereocenters. The van der Waals surface area contributed by atoms with Crippen LogP contribution in [0, 0.1) is 0 Å². The Morgan fingerprint density at radius 1 is 0.909 bits per heavy atom. The molecule has 0 bridgehead atoms. The molecule has 0 spiro atoms. The van der Waals surface area contributed by atoms with Crippen molar-refractivity contribution in [3.8, 4) is 0 Å². The summed E-state index contributed by atoms with van der Waals surface area (Å²) in [5, 5.41) is 3.00. The molecule has 2 rings (SSSR count). The Morgan fingerprint density at radius 2 is 1.45 bits per heavy atom. The second-order valence-corrected chi connectivity index (χ2v) is 2.21. The van der Waals surface area contributed by atoms with Gasteiger partial charge in [-0.25, -0.2) is 0 Å². The molecule has 60 valence electrons. The van der Waals surface area contributed by atoms with Gasteiger partial charge in [0.1, 0.15) is 0 Å². The van der Waals surface area contributed by atoms with Crippen LogP contribution in [0.25, 0.3) is 0 Å². The standard InChI is InChI=1S/C6H6.C3H7NO/c1-2-4-6-5-3-1;1-2-5-3-4-1/h1-6H;4H,1-3H2. The maximum atomic E-state index is 4.83. The first-order valence-corrected chi connectivity index (χ1v) is 3.78. The van der Waals surface area contributed by atoms with Crippen LogP contribution >= 0.6 is 0 Å². The first-order chi connectivity index (χ1) is 5.50. The summed E-state index contributed by atoms with van der Waals surface area (Å²) < 4.78 is 4.83. The van der Waals surface area contributed by atoms with Crippen molar-refractivity contribution in [1.29, 1.82) is 0 Å². The fraction of sp³-hybridized carbons (Fsp3) is 0.333. The van der Waals surface area contributed by atoms with Crippen molar-refractivity contribution in [1.82, 2.24) is 5.32 Å². The van der Waals surface area contributed by atoms with Crippen LogP contribution in [0.15, 0.2) is 36.4 Å². The van der Waals surface area contributed by atoms with Crippen LogP contribution in [0.4, 0.5) is 0 Å². The summed E-state index contributed by atoms with van der Waals surface area (Å²) in [7, 11) is 0. The third-order valence-electron chi connectivity index (χ3n) is 1.29. The quantitative estimate of drug-likeness (QED) is 0.602. The lowest BCUT2D eigenvalue weighted by atomic mass is 10.4. The average molecular weight is 151 g/mol. The number of ether oxygens (including phenoxy) is 1. The van der Waals surface area contributed by atoms with E-state index in [9.17, 15) is 0 Å². The van der Waals surface area contributed by atoms with E-state index in [0.717, 1.165) is 19.9 Å². The lowest BCUT2D eigenvalue weighted by Gasteiger charge is -1.76. The Labute approximate surface area is 67.2 Å². The zero-order chi connectivity index (χ0) is 7.78. The van der Waals surface area contributed by atoms with Crippen molar-refractivity contribution in [2.45, 2.75) is 0 Å². The second kappa shape index (κ2) is 5.89. The molecule has 0 atom stereocenters. The molecule has 0 aromatic heterocycles. The molecule has 1 fully saturated rings. The van der Waals surface area contributed by atoms with E-state index in [1.54, 1.807) is 0 Å². The third kappa shape index (κ3) is 4.53. The minimum atomic E-state index is 0.750. The summed E-state index contributed by atoms with van der Waals surface area (Å²) in [5.41, 5.74) is 0. The van der Waals surface area contributed by atoms with Gasteiger partial charge in [-0.3, -0.25) is 5.32 Å². The van der Waals surface area contributed by atoms with Gasteiger partial charge < -0.3 is 4.74 Å². The predicted molar refractivity (Wildman–Crippen MR) is 45.3 cm³/mol. The highest BCUT2D eigenvalue weighted by Crippen LogP contribution is 1.79. The van der Waals surface area contributed by atoms with Crippen molar-refractivity contribution in [3.63, 3.8) is 0 Å². The molecule has 0 amide bonds. The van der Waals surface area contributed by atoms with Crippen LogP contribution in [0.1, 0.15) is 0 Å². The van der Waals surface area contributed by atoms with Crippen LogP contribution in [0.5, 0.6) is 0 Å². The van der Waals surface area contributed by atoms with Crippen LogP contribution in [0.3, 0.4) is 0 Å². The van der Waals surface area contributed by atoms with Crippen LogP contribution in [-0.2, 0) is 4.74 Å². The smallest absolute Gasteiger partial charge is 0.0966 e.